The highest BCUT2D eigenvalue weighted by molar-refractivity contribution is 5.78. The van der Waals surface area contributed by atoms with E-state index in [9.17, 15) is 4.79 Å². The lowest BCUT2D eigenvalue weighted by Gasteiger charge is -2.25. The van der Waals surface area contributed by atoms with Crippen LogP contribution >= 0.6 is 0 Å². The highest BCUT2D eigenvalue weighted by Gasteiger charge is 2.42. The van der Waals surface area contributed by atoms with Crippen LogP contribution in [0.25, 0.3) is 0 Å². The van der Waals surface area contributed by atoms with Crippen molar-refractivity contribution in [2.45, 2.75) is 51.7 Å². The molecule has 1 fully saturated rings. The van der Waals surface area contributed by atoms with Gasteiger partial charge in [0, 0.05) is 6.04 Å². The summed E-state index contributed by atoms with van der Waals surface area (Å²) in [5, 5.41) is 11.9. The first-order valence-electron chi connectivity index (χ1n) is 5.03. The van der Waals surface area contributed by atoms with Gasteiger partial charge in [0.05, 0.1) is 0 Å². The van der Waals surface area contributed by atoms with Crippen LogP contribution in [0.15, 0.2) is 0 Å². The maximum absolute atomic E-state index is 10.8. The Morgan fingerprint density at radius 2 is 2.21 bits per heavy atom. The second kappa shape index (κ2) is 3.51. The summed E-state index contributed by atoms with van der Waals surface area (Å²) in [5.41, 5.74) is 4.71. The summed E-state index contributed by atoms with van der Waals surface area (Å²) in [7, 11) is 0. The summed E-state index contributed by atoms with van der Waals surface area (Å²) < 4.78 is 0. The Hall–Kier alpha value is -0.610. The largest absolute Gasteiger partial charge is 0.479 e. The van der Waals surface area contributed by atoms with Gasteiger partial charge < -0.3 is 10.8 Å². The van der Waals surface area contributed by atoms with E-state index in [-0.39, 0.29) is 11.5 Å². The lowest BCUT2D eigenvalue weighted by atomic mass is 9.88. The molecule has 1 aliphatic rings. The van der Waals surface area contributed by atoms with Crippen LogP contribution < -0.4 is 11.1 Å². The number of aliphatic carboxylic acids is 1. The minimum atomic E-state index is -1.20. The molecule has 1 saturated heterocycles. The van der Waals surface area contributed by atoms with Crippen LogP contribution in [0.1, 0.15) is 40.0 Å². The molecule has 4 nitrogen and oxygen atoms in total. The minimum Gasteiger partial charge on any atom is -0.479 e. The molecule has 82 valence electrons. The summed E-state index contributed by atoms with van der Waals surface area (Å²) in [6.45, 7) is 6.43. The Labute approximate surface area is 84.9 Å². The Bertz CT molecular complexity index is 235. The molecule has 4 N–H and O–H groups in total. The van der Waals surface area contributed by atoms with Gasteiger partial charge in [-0.2, -0.15) is 0 Å². The summed E-state index contributed by atoms with van der Waals surface area (Å²) in [5.74, 6) is -0.950. The van der Waals surface area contributed by atoms with Crippen molar-refractivity contribution in [3.8, 4) is 0 Å². The quantitative estimate of drug-likeness (QED) is 0.619. The fourth-order valence-corrected chi connectivity index (χ4v) is 1.97. The monoisotopic (exact) mass is 200 g/mol. The van der Waals surface area contributed by atoms with Crippen molar-refractivity contribution in [1.82, 2.24) is 5.32 Å². The van der Waals surface area contributed by atoms with E-state index in [0.29, 0.717) is 6.42 Å². The number of hydrogen-bond donors (Lipinski definition) is 3. The Balaban J connectivity index is 2.53. The molecule has 0 aromatic heterocycles. The Morgan fingerprint density at radius 3 is 2.57 bits per heavy atom. The Morgan fingerprint density at radius 1 is 1.64 bits per heavy atom. The fraction of sp³-hybridized carbons (Fsp3) is 0.900. The zero-order chi connectivity index (χ0) is 11.0. The zero-order valence-electron chi connectivity index (χ0n) is 9.13. The first-order chi connectivity index (χ1) is 6.23. The summed E-state index contributed by atoms with van der Waals surface area (Å²) >= 11 is 0. The number of carbonyl (C=O) groups is 1. The van der Waals surface area contributed by atoms with Gasteiger partial charge in [-0.3, -0.25) is 5.32 Å². The first kappa shape index (κ1) is 11.5. The summed E-state index contributed by atoms with van der Waals surface area (Å²) in [6.07, 6.45) is 2.32. The molecule has 4 heteroatoms. The molecule has 0 spiro atoms. The minimum absolute atomic E-state index is 0.210. The van der Waals surface area contributed by atoms with Crippen molar-refractivity contribution in [3.05, 3.63) is 0 Å². The van der Waals surface area contributed by atoms with E-state index >= 15 is 0 Å². The predicted octanol–water partition coefficient (Wildman–Crippen LogP) is 0.914. The average Bonchev–Trinajstić information content (AvgIpc) is 2.29. The number of nitrogens with two attached hydrogens (primary N) is 1. The molecule has 0 amide bonds. The number of carboxylic acids is 1. The molecule has 0 bridgehead atoms. The topological polar surface area (TPSA) is 75.4 Å². The van der Waals surface area contributed by atoms with Crippen molar-refractivity contribution in [2.24, 2.45) is 11.1 Å². The third-order valence-electron chi connectivity index (χ3n) is 2.59. The third-order valence-corrected chi connectivity index (χ3v) is 2.59. The van der Waals surface area contributed by atoms with Crippen LogP contribution in [0.5, 0.6) is 0 Å². The van der Waals surface area contributed by atoms with Gasteiger partial charge in [0.15, 0.2) is 5.66 Å². The third kappa shape index (κ3) is 2.69. The second-order valence-corrected chi connectivity index (χ2v) is 5.42. The number of rotatable bonds is 2. The summed E-state index contributed by atoms with van der Waals surface area (Å²) in [4.78, 5) is 10.8. The molecular formula is C10H20N2O2. The molecule has 0 aliphatic carbocycles. The van der Waals surface area contributed by atoms with Crippen LogP contribution in [-0.2, 0) is 4.79 Å². The maximum Gasteiger partial charge on any atom is 0.338 e. The van der Waals surface area contributed by atoms with Crippen LogP contribution in [-0.4, -0.2) is 22.8 Å². The van der Waals surface area contributed by atoms with E-state index in [2.05, 4.69) is 26.1 Å². The van der Waals surface area contributed by atoms with Gasteiger partial charge in [-0.05, 0) is 24.7 Å². The standard InChI is InChI=1S/C10H20N2O2/c1-9(2,3)6-7-4-5-10(11,12-7)8(13)14/h7,12H,4-6,11H2,1-3H3,(H,13,14). The van der Waals surface area contributed by atoms with Crippen molar-refractivity contribution in [2.75, 3.05) is 0 Å². The van der Waals surface area contributed by atoms with Crippen LogP contribution in [0.4, 0.5) is 0 Å². The fourth-order valence-electron chi connectivity index (χ4n) is 1.97. The lowest BCUT2D eigenvalue weighted by molar-refractivity contribution is -0.144. The molecule has 0 radical (unpaired) electrons. The number of carboxylic acid groups (broad SMARTS) is 1. The lowest BCUT2D eigenvalue weighted by Crippen LogP contribution is -2.57. The Kier molecular flexibility index (Phi) is 2.88. The molecule has 1 rings (SSSR count). The SMILES string of the molecule is CC(C)(C)CC1CCC(N)(C(=O)O)N1. The number of hydrogen-bond acceptors (Lipinski definition) is 3. The highest BCUT2D eigenvalue weighted by atomic mass is 16.4. The van der Waals surface area contributed by atoms with E-state index < -0.39 is 11.6 Å². The van der Waals surface area contributed by atoms with Crippen LogP contribution in [0.2, 0.25) is 0 Å². The normalized spacial score (nSPS) is 33.3. The first-order valence-corrected chi connectivity index (χ1v) is 5.03. The molecule has 14 heavy (non-hydrogen) atoms. The van der Waals surface area contributed by atoms with Crippen molar-refractivity contribution >= 4 is 5.97 Å². The van der Waals surface area contributed by atoms with Crippen LogP contribution in [0.3, 0.4) is 0 Å². The average molecular weight is 200 g/mol. The molecule has 0 aromatic carbocycles. The van der Waals surface area contributed by atoms with Gasteiger partial charge >= 0.3 is 5.97 Å². The molecule has 0 saturated carbocycles. The zero-order valence-corrected chi connectivity index (χ0v) is 9.13. The van der Waals surface area contributed by atoms with E-state index in [1.54, 1.807) is 0 Å². The smallest absolute Gasteiger partial charge is 0.338 e. The van der Waals surface area contributed by atoms with Crippen LogP contribution in [0, 0.1) is 5.41 Å². The second-order valence-electron chi connectivity index (χ2n) is 5.42. The van der Waals surface area contributed by atoms with Gasteiger partial charge in [0.1, 0.15) is 0 Å². The van der Waals surface area contributed by atoms with Crippen molar-refractivity contribution < 1.29 is 9.90 Å². The molecule has 0 aromatic rings. The summed E-state index contributed by atoms with van der Waals surface area (Å²) in [6, 6.07) is 0.232. The van der Waals surface area contributed by atoms with Crippen molar-refractivity contribution in [3.63, 3.8) is 0 Å². The molecule has 2 unspecified atom stereocenters. The molecule has 2 atom stereocenters. The molecule has 1 aliphatic heterocycles. The van der Waals surface area contributed by atoms with Gasteiger partial charge in [-0.15, -0.1) is 0 Å². The van der Waals surface area contributed by atoms with Gasteiger partial charge in [-0.25, -0.2) is 4.79 Å². The van der Waals surface area contributed by atoms with Gasteiger partial charge in [0.25, 0.3) is 0 Å². The molecular weight excluding hydrogens is 180 g/mol. The van der Waals surface area contributed by atoms with E-state index in [1.165, 1.54) is 0 Å². The predicted molar refractivity (Wildman–Crippen MR) is 54.8 cm³/mol. The number of nitrogens with one attached hydrogen (secondary N) is 1. The highest BCUT2D eigenvalue weighted by Crippen LogP contribution is 2.28. The van der Waals surface area contributed by atoms with Gasteiger partial charge in [0.2, 0.25) is 0 Å². The van der Waals surface area contributed by atoms with Crippen molar-refractivity contribution in [1.29, 1.82) is 0 Å². The van der Waals surface area contributed by atoms with E-state index in [1.807, 2.05) is 0 Å². The van der Waals surface area contributed by atoms with Gasteiger partial charge in [-0.1, -0.05) is 20.8 Å². The van der Waals surface area contributed by atoms with E-state index in [4.69, 9.17) is 10.8 Å². The van der Waals surface area contributed by atoms with E-state index in [0.717, 1.165) is 12.8 Å². The molecule has 1 heterocycles. The maximum atomic E-state index is 10.8.